The summed E-state index contributed by atoms with van der Waals surface area (Å²) in [5.41, 5.74) is 1.49. The maximum Gasteiger partial charge on any atom is 0.258 e. The van der Waals surface area contributed by atoms with Crippen LogP contribution in [0.15, 0.2) is 54.6 Å². The van der Waals surface area contributed by atoms with Gasteiger partial charge in [-0.25, -0.2) is 0 Å². The van der Waals surface area contributed by atoms with E-state index in [1.54, 1.807) is 24.3 Å². The molecule has 0 aliphatic carbocycles. The molecule has 102 valence electrons. The summed E-state index contributed by atoms with van der Waals surface area (Å²) >= 11 is 11.0. The Morgan fingerprint density at radius 1 is 1.05 bits per heavy atom. The number of carbonyl (C=O) groups is 1. The van der Waals surface area contributed by atoms with Crippen molar-refractivity contribution in [1.82, 2.24) is 10.6 Å². The lowest BCUT2D eigenvalue weighted by Gasteiger charge is -2.10. The number of hydrogen-bond donors (Lipinski definition) is 2. The lowest BCUT2D eigenvalue weighted by atomic mass is 10.2. The maximum atomic E-state index is 12.0. The third-order valence-electron chi connectivity index (χ3n) is 2.64. The number of hydrogen-bond acceptors (Lipinski definition) is 2. The Kier molecular flexibility index (Phi) is 5.09. The molecular formula is C15H13ClN2OS. The van der Waals surface area contributed by atoms with Gasteiger partial charge >= 0.3 is 0 Å². The molecule has 5 heteroatoms. The van der Waals surface area contributed by atoms with Gasteiger partial charge in [-0.1, -0.05) is 54.1 Å². The Morgan fingerprint density at radius 2 is 1.70 bits per heavy atom. The minimum absolute atomic E-state index is 0.277. The van der Waals surface area contributed by atoms with Crippen LogP contribution in [0.5, 0.6) is 0 Å². The normalized spacial score (nSPS) is 9.85. The van der Waals surface area contributed by atoms with E-state index in [-0.39, 0.29) is 11.0 Å². The quantitative estimate of drug-likeness (QED) is 0.856. The average molecular weight is 305 g/mol. The van der Waals surface area contributed by atoms with Crippen molar-refractivity contribution in [2.45, 2.75) is 6.54 Å². The number of benzene rings is 2. The van der Waals surface area contributed by atoms with E-state index in [4.69, 9.17) is 23.8 Å². The minimum Gasteiger partial charge on any atom is -0.358 e. The highest BCUT2D eigenvalue weighted by atomic mass is 35.5. The highest BCUT2D eigenvalue weighted by Crippen LogP contribution is 2.14. The van der Waals surface area contributed by atoms with E-state index in [1.807, 2.05) is 30.3 Å². The van der Waals surface area contributed by atoms with Gasteiger partial charge in [-0.2, -0.15) is 0 Å². The Labute approximate surface area is 128 Å². The van der Waals surface area contributed by atoms with Crippen LogP contribution in [0, 0.1) is 0 Å². The predicted octanol–water partition coefficient (Wildman–Crippen LogP) is 3.14. The third kappa shape index (κ3) is 4.05. The Morgan fingerprint density at radius 3 is 2.40 bits per heavy atom. The monoisotopic (exact) mass is 304 g/mol. The van der Waals surface area contributed by atoms with Gasteiger partial charge in [-0.3, -0.25) is 10.1 Å². The summed E-state index contributed by atoms with van der Waals surface area (Å²) in [6.07, 6.45) is 0. The first-order chi connectivity index (χ1) is 9.66. The molecule has 0 aliphatic rings. The summed E-state index contributed by atoms with van der Waals surface area (Å²) in [6.45, 7) is 0.558. The van der Waals surface area contributed by atoms with Crippen molar-refractivity contribution in [3.63, 3.8) is 0 Å². The standard InChI is InChI=1S/C15H13ClN2OS/c16-13-9-5-4-8-12(13)14(19)18-15(20)17-10-11-6-2-1-3-7-11/h1-9H,10H2,(H2,17,18,19,20). The average Bonchev–Trinajstić information content (AvgIpc) is 2.46. The zero-order chi connectivity index (χ0) is 14.4. The van der Waals surface area contributed by atoms with Gasteiger partial charge in [0.15, 0.2) is 5.11 Å². The maximum absolute atomic E-state index is 12.0. The summed E-state index contributed by atoms with van der Waals surface area (Å²) in [5, 5.41) is 6.26. The van der Waals surface area contributed by atoms with Gasteiger partial charge in [0.05, 0.1) is 10.6 Å². The molecule has 0 unspecified atom stereocenters. The van der Waals surface area contributed by atoms with Crippen molar-refractivity contribution in [3.8, 4) is 0 Å². The van der Waals surface area contributed by atoms with Crippen molar-refractivity contribution in [3.05, 3.63) is 70.7 Å². The van der Waals surface area contributed by atoms with Crippen LogP contribution in [0.4, 0.5) is 0 Å². The van der Waals surface area contributed by atoms with E-state index in [2.05, 4.69) is 10.6 Å². The molecule has 0 bridgehead atoms. The molecule has 2 aromatic carbocycles. The molecule has 0 aliphatic heterocycles. The Hall–Kier alpha value is -1.91. The van der Waals surface area contributed by atoms with Gasteiger partial charge in [0.25, 0.3) is 5.91 Å². The topological polar surface area (TPSA) is 41.1 Å². The minimum atomic E-state index is -0.318. The van der Waals surface area contributed by atoms with Crippen molar-refractivity contribution >= 4 is 34.8 Å². The SMILES string of the molecule is O=C(NC(=S)NCc1ccccc1)c1ccccc1Cl. The highest BCUT2D eigenvalue weighted by Gasteiger charge is 2.10. The molecule has 0 aromatic heterocycles. The smallest absolute Gasteiger partial charge is 0.258 e. The van der Waals surface area contributed by atoms with Gasteiger partial charge in [0.2, 0.25) is 0 Å². The molecule has 0 radical (unpaired) electrons. The molecule has 0 fully saturated rings. The fourth-order valence-corrected chi connectivity index (χ4v) is 2.02. The number of nitrogens with one attached hydrogen (secondary N) is 2. The van der Waals surface area contributed by atoms with E-state index in [0.29, 0.717) is 17.1 Å². The van der Waals surface area contributed by atoms with Crippen LogP contribution < -0.4 is 10.6 Å². The second-order valence-corrected chi connectivity index (χ2v) is 4.92. The molecule has 2 N–H and O–H groups in total. The van der Waals surface area contributed by atoms with Gasteiger partial charge in [0.1, 0.15) is 0 Å². The second-order valence-electron chi connectivity index (χ2n) is 4.10. The summed E-state index contributed by atoms with van der Waals surface area (Å²) in [7, 11) is 0. The highest BCUT2D eigenvalue weighted by molar-refractivity contribution is 7.80. The molecule has 0 saturated carbocycles. The summed E-state index contributed by atoms with van der Waals surface area (Å²) < 4.78 is 0. The second kappa shape index (κ2) is 7.03. The fourth-order valence-electron chi connectivity index (χ4n) is 1.64. The molecule has 2 aromatic rings. The molecule has 0 saturated heterocycles. The van der Waals surface area contributed by atoms with Gasteiger partial charge < -0.3 is 5.32 Å². The molecular weight excluding hydrogens is 292 g/mol. The third-order valence-corrected chi connectivity index (χ3v) is 3.22. The van der Waals surface area contributed by atoms with Gasteiger partial charge in [0, 0.05) is 6.54 Å². The zero-order valence-corrected chi connectivity index (χ0v) is 12.2. The molecule has 1 amide bonds. The van der Waals surface area contributed by atoms with Crippen LogP contribution in [0.3, 0.4) is 0 Å². The first-order valence-corrected chi connectivity index (χ1v) is 6.83. The van der Waals surface area contributed by atoms with Crippen LogP contribution in [0.25, 0.3) is 0 Å². The Bertz CT molecular complexity index is 616. The lowest BCUT2D eigenvalue weighted by molar-refractivity contribution is 0.0977. The summed E-state index contributed by atoms with van der Waals surface area (Å²) in [4.78, 5) is 12.0. The number of halogens is 1. The molecule has 2 rings (SSSR count). The Balaban J connectivity index is 1.89. The number of amides is 1. The van der Waals surface area contributed by atoms with E-state index in [0.717, 1.165) is 5.56 Å². The predicted molar refractivity (Wildman–Crippen MR) is 84.8 cm³/mol. The van der Waals surface area contributed by atoms with Crippen molar-refractivity contribution in [2.24, 2.45) is 0 Å². The summed E-state index contributed by atoms with van der Waals surface area (Å²) in [6, 6.07) is 16.6. The van der Waals surface area contributed by atoms with Gasteiger partial charge in [-0.15, -0.1) is 0 Å². The van der Waals surface area contributed by atoms with Crippen LogP contribution in [0.2, 0.25) is 5.02 Å². The van der Waals surface area contributed by atoms with Crippen molar-refractivity contribution in [1.29, 1.82) is 0 Å². The number of rotatable bonds is 3. The lowest BCUT2D eigenvalue weighted by Crippen LogP contribution is -2.38. The number of carbonyl (C=O) groups excluding carboxylic acids is 1. The van der Waals surface area contributed by atoms with E-state index >= 15 is 0 Å². The zero-order valence-electron chi connectivity index (χ0n) is 10.6. The van der Waals surface area contributed by atoms with Crippen LogP contribution in [0.1, 0.15) is 15.9 Å². The number of thiocarbonyl (C=S) groups is 1. The van der Waals surface area contributed by atoms with E-state index < -0.39 is 0 Å². The largest absolute Gasteiger partial charge is 0.358 e. The molecule has 0 spiro atoms. The van der Waals surface area contributed by atoms with Crippen LogP contribution in [-0.2, 0) is 6.54 Å². The molecule has 0 atom stereocenters. The first-order valence-electron chi connectivity index (χ1n) is 6.04. The molecule has 3 nitrogen and oxygen atoms in total. The summed E-state index contributed by atoms with van der Waals surface area (Å²) in [5.74, 6) is -0.318. The molecule has 20 heavy (non-hydrogen) atoms. The van der Waals surface area contributed by atoms with Crippen molar-refractivity contribution in [2.75, 3.05) is 0 Å². The fraction of sp³-hybridized carbons (Fsp3) is 0.0667. The van der Waals surface area contributed by atoms with E-state index in [1.165, 1.54) is 0 Å². The van der Waals surface area contributed by atoms with Crippen molar-refractivity contribution < 1.29 is 4.79 Å². The van der Waals surface area contributed by atoms with Gasteiger partial charge in [-0.05, 0) is 29.9 Å². The van der Waals surface area contributed by atoms with Crippen LogP contribution >= 0.6 is 23.8 Å². The van der Waals surface area contributed by atoms with Crippen LogP contribution in [-0.4, -0.2) is 11.0 Å². The molecule has 0 heterocycles. The van der Waals surface area contributed by atoms with E-state index in [9.17, 15) is 4.79 Å². The first kappa shape index (κ1) is 14.5.